The van der Waals surface area contributed by atoms with E-state index in [0.29, 0.717) is 29.9 Å². The second-order valence-corrected chi connectivity index (χ2v) is 5.52. The molecule has 2 heterocycles. The molecule has 6 nitrogen and oxygen atoms in total. The van der Waals surface area contributed by atoms with E-state index >= 15 is 0 Å². The summed E-state index contributed by atoms with van der Waals surface area (Å²) in [7, 11) is 0. The zero-order chi connectivity index (χ0) is 16.1. The fraction of sp³-hybridized carbons (Fsp3) is 0.500. The molecule has 1 saturated heterocycles. The van der Waals surface area contributed by atoms with Crippen LogP contribution in [0.25, 0.3) is 0 Å². The number of amides is 1. The number of hydrogen-bond acceptors (Lipinski definition) is 4. The van der Waals surface area contributed by atoms with Crippen molar-refractivity contribution < 1.29 is 14.7 Å². The molecule has 1 aliphatic rings. The van der Waals surface area contributed by atoms with Crippen molar-refractivity contribution in [3.8, 4) is 6.07 Å². The topological polar surface area (TPSA) is 94.3 Å². The maximum absolute atomic E-state index is 12.6. The average molecular weight is 301 g/mol. The molecule has 0 saturated carbocycles. The van der Waals surface area contributed by atoms with Crippen molar-refractivity contribution >= 4 is 11.9 Å². The number of carbonyl (C=O) groups excluding carboxylic acids is 1. The quantitative estimate of drug-likeness (QED) is 0.919. The molecule has 0 aliphatic carbocycles. The molecule has 1 aromatic rings. The lowest BCUT2D eigenvalue weighted by molar-refractivity contribution is -0.137. The third-order valence-electron chi connectivity index (χ3n) is 4.00. The van der Waals surface area contributed by atoms with E-state index in [4.69, 9.17) is 10.4 Å². The van der Waals surface area contributed by atoms with Gasteiger partial charge in [-0.05, 0) is 44.7 Å². The first-order chi connectivity index (χ1) is 10.5. The molecule has 1 fully saturated rings. The number of carboxylic acid groups (broad SMARTS) is 1. The Kier molecular flexibility index (Phi) is 5.10. The van der Waals surface area contributed by atoms with Crippen LogP contribution in [0.3, 0.4) is 0 Å². The Morgan fingerprint density at radius 3 is 2.86 bits per heavy atom. The number of carbonyl (C=O) groups is 2. The maximum atomic E-state index is 12.6. The van der Waals surface area contributed by atoms with Crippen LogP contribution in [-0.4, -0.2) is 39.5 Å². The summed E-state index contributed by atoms with van der Waals surface area (Å²) >= 11 is 0. The molecule has 0 spiro atoms. The van der Waals surface area contributed by atoms with Gasteiger partial charge in [-0.25, -0.2) is 4.98 Å². The molecule has 0 unspecified atom stereocenters. The highest BCUT2D eigenvalue weighted by Crippen LogP contribution is 2.23. The van der Waals surface area contributed by atoms with Gasteiger partial charge < -0.3 is 10.0 Å². The number of carboxylic acids is 1. The monoisotopic (exact) mass is 301 g/mol. The molecule has 2 rings (SSSR count). The number of likely N-dealkylation sites (tertiary alicyclic amines) is 1. The molecular weight excluding hydrogens is 282 g/mol. The summed E-state index contributed by atoms with van der Waals surface area (Å²) < 4.78 is 0. The molecule has 22 heavy (non-hydrogen) atoms. The number of hydrogen-bond donors (Lipinski definition) is 1. The Morgan fingerprint density at radius 2 is 2.23 bits per heavy atom. The molecule has 6 heteroatoms. The Morgan fingerprint density at radius 1 is 1.45 bits per heavy atom. The summed E-state index contributed by atoms with van der Waals surface area (Å²) in [5.41, 5.74) is 1.31. The van der Waals surface area contributed by atoms with E-state index in [2.05, 4.69) is 4.98 Å². The van der Waals surface area contributed by atoms with Crippen molar-refractivity contribution in [2.45, 2.75) is 45.1 Å². The van der Waals surface area contributed by atoms with E-state index < -0.39 is 5.97 Å². The fourth-order valence-electron chi connectivity index (χ4n) is 2.80. The van der Waals surface area contributed by atoms with Crippen LogP contribution in [0.4, 0.5) is 0 Å². The highest BCUT2D eigenvalue weighted by molar-refractivity contribution is 5.92. The van der Waals surface area contributed by atoms with Crippen LogP contribution < -0.4 is 0 Å². The second kappa shape index (κ2) is 7.03. The van der Waals surface area contributed by atoms with Gasteiger partial charge in [0.2, 0.25) is 0 Å². The van der Waals surface area contributed by atoms with Gasteiger partial charge in [-0.3, -0.25) is 9.59 Å². The van der Waals surface area contributed by atoms with E-state index in [1.165, 1.54) is 0 Å². The first kappa shape index (κ1) is 16.0. The lowest BCUT2D eigenvalue weighted by Gasteiger charge is -2.35. The molecule has 1 aliphatic heterocycles. The van der Waals surface area contributed by atoms with Crippen molar-refractivity contribution in [3.05, 3.63) is 29.1 Å². The summed E-state index contributed by atoms with van der Waals surface area (Å²) in [4.78, 5) is 29.4. The zero-order valence-corrected chi connectivity index (χ0v) is 12.6. The second-order valence-electron chi connectivity index (χ2n) is 5.52. The van der Waals surface area contributed by atoms with Crippen molar-refractivity contribution in [2.75, 3.05) is 6.54 Å². The number of nitrogens with zero attached hydrogens (tertiary/aromatic N) is 3. The Balaban J connectivity index is 2.16. The van der Waals surface area contributed by atoms with Crippen LogP contribution in [0, 0.1) is 18.3 Å². The highest BCUT2D eigenvalue weighted by atomic mass is 16.4. The molecule has 0 aromatic carbocycles. The van der Waals surface area contributed by atoms with Gasteiger partial charge in [-0.1, -0.05) is 0 Å². The SMILES string of the molecule is Cc1nc(C(=O)N2CCCC[C@@H]2CCC(=O)O)ccc1C#N. The predicted molar refractivity (Wildman–Crippen MR) is 79.2 cm³/mol. The van der Waals surface area contributed by atoms with Crippen molar-refractivity contribution in [1.29, 1.82) is 5.26 Å². The first-order valence-electron chi connectivity index (χ1n) is 7.43. The van der Waals surface area contributed by atoms with E-state index in [1.54, 1.807) is 24.0 Å². The Bertz CT molecular complexity index is 622. The van der Waals surface area contributed by atoms with Gasteiger partial charge in [0, 0.05) is 19.0 Å². The molecule has 1 N–H and O–H groups in total. The summed E-state index contributed by atoms with van der Waals surface area (Å²) in [6, 6.07) is 5.15. The lowest BCUT2D eigenvalue weighted by Crippen LogP contribution is -2.44. The largest absolute Gasteiger partial charge is 0.481 e. The Labute approximate surface area is 129 Å². The third-order valence-corrected chi connectivity index (χ3v) is 4.00. The molecule has 0 bridgehead atoms. The van der Waals surface area contributed by atoms with Crippen LogP contribution in [0.2, 0.25) is 0 Å². The van der Waals surface area contributed by atoms with E-state index in [0.717, 1.165) is 19.3 Å². The minimum absolute atomic E-state index is 0.0462. The van der Waals surface area contributed by atoms with Crippen LogP contribution in [0.15, 0.2) is 12.1 Å². The number of aromatic nitrogens is 1. The van der Waals surface area contributed by atoms with Gasteiger partial charge in [-0.2, -0.15) is 5.26 Å². The van der Waals surface area contributed by atoms with E-state index in [9.17, 15) is 9.59 Å². The highest BCUT2D eigenvalue weighted by Gasteiger charge is 2.28. The van der Waals surface area contributed by atoms with E-state index in [-0.39, 0.29) is 18.4 Å². The summed E-state index contributed by atoms with van der Waals surface area (Å²) in [5, 5.41) is 17.8. The lowest BCUT2D eigenvalue weighted by atomic mass is 9.97. The van der Waals surface area contributed by atoms with Gasteiger partial charge >= 0.3 is 5.97 Å². The van der Waals surface area contributed by atoms with Crippen molar-refractivity contribution in [1.82, 2.24) is 9.88 Å². The van der Waals surface area contributed by atoms with Crippen molar-refractivity contribution in [3.63, 3.8) is 0 Å². The van der Waals surface area contributed by atoms with Crippen molar-refractivity contribution in [2.24, 2.45) is 0 Å². The molecule has 0 radical (unpaired) electrons. The Hall–Kier alpha value is -2.42. The zero-order valence-electron chi connectivity index (χ0n) is 12.6. The standard InChI is InChI=1S/C16H19N3O3/c1-11-12(10-17)5-7-14(18-11)16(22)19-9-3-2-4-13(19)6-8-15(20)21/h5,7,13H,2-4,6,8-9H2,1H3,(H,20,21)/t13-/m1/s1. The summed E-state index contributed by atoms with van der Waals surface area (Å²) in [6.07, 6.45) is 3.29. The molecule has 1 atom stereocenters. The van der Waals surface area contributed by atoms with E-state index in [1.807, 2.05) is 6.07 Å². The van der Waals surface area contributed by atoms with Crippen LogP contribution in [0.1, 0.15) is 53.8 Å². The summed E-state index contributed by atoms with van der Waals surface area (Å²) in [5.74, 6) is -1.02. The predicted octanol–water partition coefficient (Wildman–Crippen LogP) is 2.12. The number of piperidine rings is 1. The van der Waals surface area contributed by atoms with Gasteiger partial charge in [0.15, 0.2) is 0 Å². The normalized spacial score (nSPS) is 17.8. The van der Waals surface area contributed by atoms with Gasteiger partial charge in [-0.15, -0.1) is 0 Å². The van der Waals surface area contributed by atoms with Crippen LogP contribution >= 0.6 is 0 Å². The minimum Gasteiger partial charge on any atom is -0.481 e. The number of aryl methyl sites for hydroxylation is 1. The number of pyridine rings is 1. The van der Waals surface area contributed by atoms with Gasteiger partial charge in [0.25, 0.3) is 5.91 Å². The van der Waals surface area contributed by atoms with Crippen LogP contribution in [0.5, 0.6) is 0 Å². The fourth-order valence-corrected chi connectivity index (χ4v) is 2.80. The maximum Gasteiger partial charge on any atom is 0.303 e. The molecule has 1 amide bonds. The summed E-state index contributed by atoms with van der Waals surface area (Å²) in [6.45, 7) is 2.33. The first-order valence-corrected chi connectivity index (χ1v) is 7.43. The molecule has 116 valence electrons. The number of aliphatic carboxylic acids is 1. The molecule has 1 aromatic heterocycles. The third kappa shape index (κ3) is 3.61. The average Bonchev–Trinajstić information content (AvgIpc) is 2.52. The number of rotatable bonds is 4. The smallest absolute Gasteiger partial charge is 0.303 e. The van der Waals surface area contributed by atoms with Gasteiger partial charge in [0.1, 0.15) is 11.8 Å². The van der Waals surface area contributed by atoms with Crippen LogP contribution in [-0.2, 0) is 4.79 Å². The minimum atomic E-state index is -0.842. The van der Waals surface area contributed by atoms with Gasteiger partial charge in [0.05, 0.1) is 11.3 Å². The molecular formula is C16H19N3O3. The number of nitriles is 1.